The van der Waals surface area contributed by atoms with Crippen LogP contribution in [0.15, 0.2) is 42.6 Å². The van der Waals surface area contributed by atoms with E-state index in [1.165, 1.54) is 26.6 Å². The van der Waals surface area contributed by atoms with Gasteiger partial charge in [0.15, 0.2) is 5.82 Å². The van der Waals surface area contributed by atoms with E-state index in [4.69, 9.17) is 4.98 Å². The Balaban J connectivity index is 1.51. The Morgan fingerprint density at radius 2 is 2.00 bits per heavy atom. The molecule has 1 aromatic carbocycles. The number of aromatic nitrogens is 2. The first kappa shape index (κ1) is 15.5. The minimum absolute atomic E-state index is 0.840. The number of aryl methyl sites for hydroxylation is 2. The maximum absolute atomic E-state index is 4.81. The summed E-state index contributed by atoms with van der Waals surface area (Å²) < 4.78 is 0. The average Bonchev–Trinajstić information content (AvgIpc) is 2.92. The van der Waals surface area contributed by atoms with Gasteiger partial charge in [-0.1, -0.05) is 30.3 Å². The van der Waals surface area contributed by atoms with E-state index in [0.717, 1.165) is 37.4 Å². The normalized spacial score (nSPS) is 14.6. The van der Waals surface area contributed by atoms with Crippen LogP contribution in [0.3, 0.4) is 0 Å². The number of hydrogen-bond donors (Lipinski definition) is 0. The summed E-state index contributed by atoms with van der Waals surface area (Å²) in [6.45, 7) is 7.43. The van der Waals surface area contributed by atoms with Gasteiger partial charge in [-0.3, -0.25) is 4.90 Å². The van der Waals surface area contributed by atoms with Crippen molar-refractivity contribution in [1.82, 2.24) is 14.9 Å². The number of rotatable bonds is 3. The summed E-state index contributed by atoms with van der Waals surface area (Å²) in [5.74, 6) is 0.840. The molecule has 0 amide bonds. The van der Waals surface area contributed by atoms with Crippen LogP contribution in [0.4, 0.5) is 0 Å². The van der Waals surface area contributed by atoms with E-state index in [-0.39, 0.29) is 0 Å². The standard InChI is InChI=1S/C20H21N3S/c1-14-10-18(24-15(14)2)13-23-9-8-19-17(12-23)11-21-20(22-19)16-6-4-3-5-7-16/h3-7,10-11H,8-9,12-13H2,1-2H3. The summed E-state index contributed by atoms with van der Waals surface area (Å²) >= 11 is 1.92. The lowest BCUT2D eigenvalue weighted by atomic mass is 10.1. The third kappa shape index (κ3) is 3.12. The van der Waals surface area contributed by atoms with Crippen LogP contribution in [0, 0.1) is 13.8 Å². The predicted molar refractivity (Wildman–Crippen MR) is 99.1 cm³/mol. The Hall–Kier alpha value is -2.04. The van der Waals surface area contributed by atoms with Crippen molar-refractivity contribution in [3.8, 4) is 11.4 Å². The van der Waals surface area contributed by atoms with Crippen molar-refractivity contribution < 1.29 is 0 Å². The molecular weight excluding hydrogens is 314 g/mol. The molecule has 0 saturated carbocycles. The van der Waals surface area contributed by atoms with Gasteiger partial charge in [-0.15, -0.1) is 11.3 Å². The molecule has 3 nitrogen and oxygen atoms in total. The van der Waals surface area contributed by atoms with Gasteiger partial charge in [0.1, 0.15) is 0 Å². The van der Waals surface area contributed by atoms with Crippen molar-refractivity contribution in [3.05, 3.63) is 69.2 Å². The second-order valence-corrected chi connectivity index (χ2v) is 7.79. The zero-order valence-corrected chi connectivity index (χ0v) is 14.9. The van der Waals surface area contributed by atoms with Crippen LogP contribution >= 0.6 is 11.3 Å². The molecule has 0 unspecified atom stereocenters. The van der Waals surface area contributed by atoms with E-state index >= 15 is 0 Å². The topological polar surface area (TPSA) is 29.0 Å². The third-order valence-electron chi connectivity index (χ3n) is 4.64. The Morgan fingerprint density at radius 1 is 1.17 bits per heavy atom. The molecule has 1 aliphatic heterocycles. The molecule has 4 heteroatoms. The Bertz CT molecular complexity index is 835. The number of thiophene rings is 1. The van der Waals surface area contributed by atoms with E-state index in [0.29, 0.717) is 0 Å². The highest BCUT2D eigenvalue weighted by atomic mass is 32.1. The lowest BCUT2D eigenvalue weighted by molar-refractivity contribution is 0.245. The average molecular weight is 335 g/mol. The van der Waals surface area contributed by atoms with Gasteiger partial charge in [0.05, 0.1) is 5.69 Å². The molecule has 0 spiro atoms. The summed E-state index contributed by atoms with van der Waals surface area (Å²) in [4.78, 5) is 14.8. The monoisotopic (exact) mass is 335 g/mol. The smallest absolute Gasteiger partial charge is 0.159 e. The molecule has 1 aliphatic rings. The van der Waals surface area contributed by atoms with Crippen molar-refractivity contribution in [2.75, 3.05) is 6.54 Å². The molecule has 0 fully saturated rings. The molecule has 2 aromatic heterocycles. The van der Waals surface area contributed by atoms with Gasteiger partial charge in [0.25, 0.3) is 0 Å². The summed E-state index contributed by atoms with van der Waals surface area (Å²) in [5, 5.41) is 0. The van der Waals surface area contributed by atoms with Gasteiger partial charge in [-0.2, -0.15) is 0 Å². The molecule has 24 heavy (non-hydrogen) atoms. The van der Waals surface area contributed by atoms with Crippen LogP contribution in [0.2, 0.25) is 0 Å². The fourth-order valence-electron chi connectivity index (χ4n) is 3.18. The van der Waals surface area contributed by atoms with Crippen molar-refractivity contribution in [2.24, 2.45) is 0 Å². The van der Waals surface area contributed by atoms with Crippen molar-refractivity contribution in [3.63, 3.8) is 0 Å². The lowest BCUT2D eigenvalue weighted by Gasteiger charge is -2.27. The first-order valence-electron chi connectivity index (χ1n) is 8.37. The number of hydrogen-bond acceptors (Lipinski definition) is 4. The van der Waals surface area contributed by atoms with E-state index in [2.05, 4.69) is 41.9 Å². The highest BCUT2D eigenvalue weighted by molar-refractivity contribution is 7.12. The Kier molecular flexibility index (Phi) is 4.17. The van der Waals surface area contributed by atoms with Gasteiger partial charge >= 0.3 is 0 Å². The molecule has 4 rings (SSSR count). The first-order chi connectivity index (χ1) is 11.7. The van der Waals surface area contributed by atoms with Gasteiger partial charge in [-0.25, -0.2) is 9.97 Å². The predicted octanol–water partition coefficient (Wildman–Crippen LogP) is 4.38. The number of benzene rings is 1. The largest absolute Gasteiger partial charge is 0.293 e. The second-order valence-electron chi connectivity index (χ2n) is 6.44. The van der Waals surface area contributed by atoms with E-state index in [9.17, 15) is 0 Å². The van der Waals surface area contributed by atoms with Crippen LogP contribution in [-0.2, 0) is 19.5 Å². The SMILES string of the molecule is Cc1cc(CN2CCc3nc(-c4ccccc4)ncc3C2)sc1C. The molecule has 0 bridgehead atoms. The van der Waals surface area contributed by atoms with E-state index in [1.54, 1.807) is 0 Å². The van der Waals surface area contributed by atoms with Crippen LogP contribution in [0.25, 0.3) is 11.4 Å². The minimum atomic E-state index is 0.840. The van der Waals surface area contributed by atoms with Gasteiger partial charge < -0.3 is 0 Å². The zero-order chi connectivity index (χ0) is 16.5. The molecule has 3 heterocycles. The van der Waals surface area contributed by atoms with E-state index < -0.39 is 0 Å². The van der Waals surface area contributed by atoms with Crippen LogP contribution in [-0.4, -0.2) is 21.4 Å². The molecule has 122 valence electrons. The van der Waals surface area contributed by atoms with E-state index in [1.807, 2.05) is 35.7 Å². The summed E-state index contributed by atoms with van der Waals surface area (Å²) in [6.07, 6.45) is 3.02. The second kappa shape index (κ2) is 6.46. The van der Waals surface area contributed by atoms with Crippen LogP contribution in [0.5, 0.6) is 0 Å². The fourth-order valence-corrected chi connectivity index (χ4v) is 4.28. The molecule has 3 aromatic rings. The first-order valence-corrected chi connectivity index (χ1v) is 9.19. The summed E-state index contributed by atoms with van der Waals surface area (Å²) in [7, 11) is 0. The Morgan fingerprint density at radius 3 is 2.75 bits per heavy atom. The van der Waals surface area contributed by atoms with Gasteiger partial charge in [-0.05, 0) is 25.5 Å². The fraction of sp³-hybridized carbons (Fsp3) is 0.300. The Labute approximate surface area is 147 Å². The maximum atomic E-state index is 4.81. The third-order valence-corrected chi connectivity index (χ3v) is 5.78. The summed E-state index contributed by atoms with van der Waals surface area (Å²) in [5.41, 5.74) is 4.97. The van der Waals surface area contributed by atoms with Crippen LogP contribution in [0.1, 0.15) is 26.6 Å². The van der Waals surface area contributed by atoms with Crippen molar-refractivity contribution in [2.45, 2.75) is 33.4 Å². The molecule has 0 radical (unpaired) electrons. The maximum Gasteiger partial charge on any atom is 0.159 e. The van der Waals surface area contributed by atoms with Gasteiger partial charge in [0, 0.05) is 53.1 Å². The summed E-state index contributed by atoms with van der Waals surface area (Å²) in [6, 6.07) is 12.5. The highest BCUT2D eigenvalue weighted by Crippen LogP contribution is 2.25. The number of fused-ring (bicyclic) bond motifs is 1. The molecular formula is C20H21N3S. The molecule has 0 N–H and O–H groups in total. The zero-order valence-electron chi connectivity index (χ0n) is 14.1. The van der Waals surface area contributed by atoms with Crippen molar-refractivity contribution >= 4 is 11.3 Å². The lowest BCUT2D eigenvalue weighted by Crippen LogP contribution is -2.30. The molecule has 0 saturated heterocycles. The van der Waals surface area contributed by atoms with Crippen molar-refractivity contribution in [1.29, 1.82) is 0 Å². The highest BCUT2D eigenvalue weighted by Gasteiger charge is 2.19. The van der Waals surface area contributed by atoms with Crippen LogP contribution < -0.4 is 0 Å². The van der Waals surface area contributed by atoms with Gasteiger partial charge in [0.2, 0.25) is 0 Å². The minimum Gasteiger partial charge on any atom is -0.293 e. The molecule has 0 aliphatic carbocycles. The number of nitrogens with zero attached hydrogens (tertiary/aromatic N) is 3. The quantitative estimate of drug-likeness (QED) is 0.711. The molecule has 0 atom stereocenters.